The molecule has 0 saturated heterocycles. The van der Waals surface area contributed by atoms with Gasteiger partial charge in [-0.25, -0.2) is 4.98 Å². The first-order valence-corrected chi connectivity index (χ1v) is 6.47. The predicted molar refractivity (Wildman–Crippen MR) is 73.9 cm³/mol. The van der Waals surface area contributed by atoms with Crippen molar-refractivity contribution in [3.63, 3.8) is 0 Å². The monoisotopic (exact) mass is 298 g/mol. The molecular formula is C14H13F3N2S. The van der Waals surface area contributed by atoms with Gasteiger partial charge in [-0.1, -0.05) is 50.3 Å². The van der Waals surface area contributed by atoms with Gasteiger partial charge in [-0.05, 0) is 23.1 Å². The molecule has 1 heterocycles. The highest BCUT2D eigenvalue weighted by molar-refractivity contribution is 7.71. The quantitative estimate of drug-likeness (QED) is 0.795. The van der Waals surface area contributed by atoms with E-state index in [1.807, 2.05) is 12.1 Å². The zero-order valence-electron chi connectivity index (χ0n) is 11.0. The second-order valence-electron chi connectivity index (χ2n) is 4.76. The highest BCUT2D eigenvalue weighted by Gasteiger charge is 2.34. The summed E-state index contributed by atoms with van der Waals surface area (Å²) in [6, 6.07) is 8.76. The van der Waals surface area contributed by atoms with Crippen molar-refractivity contribution in [3.8, 4) is 11.3 Å². The van der Waals surface area contributed by atoms with Gasteiger partial charge in [-0.3, -0.25) is 0 Å². The Hall–Kier alpha value is -1.69. The Kier molecular flexibility index (Phi) is 3.94. The Morgan fingerprint density at radius 3 is 2.25 bits per heavy atom. The van der Waals surface area contributed by atoms with Crippen LogP contribution in [-0.4, -0.2) is 9.97 Å². The summed E-state index contributed by atoms with van der Waals surface area (Å²) in [4.78, 5) is 5.60. The molecule has 1 N–H and O–H groups in total. The van der Waals surface area contributed by atoms with Gasteiger partial charge in [0, 0.05) is 5.69 Å². The number of H-pyrrole nitrogens is 1. The van der Waals surface area contributed by atoms with Gasteiger partial charge in [0.25, 0.3) is 0 Å². The minimum atomic E-state index is -4.54. The van der Waals surface area contributed by atoms with E-state index in [0.717, 1.165) is 5.56 Å². The molecule has 0 fully saturated rings. The molecule has 106 valence electrons. The molecule has 6 heteroatoms. The van der Waals surface area contributed by atoms with Crippen LogP contribution in [0.25, 0.3) is 11.3 Å². The third-order valence-electron chi connectivity index (χ3n) is 2.90. The molecule has 1 aromatic carbocycles. The highest BCUT2D eigenvalue weighted by atomic mass is 32.1. The van der Waals surface area contributed by atoms with Crippen molar-refractivity contribution in [2.75, 3.05) is 0 Å². The number of rotatable bonds is 2. The zero-order valence-corrected chi connectivity index (χ0v) is 11.8. The lowest BCUT2D eigenvalue weighted by Gasteiger charge is -2.10. The summed E-state index contributed by atoms with van der Waals surface area (Å²) in [7, 11) is 0. The van der Waals surface area contributed by atoms with Crippen molar-refractivity contribution < 1.29 is 13.2 Å². The summed E-state index contributed by atoms with van der Waals surface area (Å²) < 4.78 is 38.0. The molecule has 1 aromatic heterocycles. The van der Waals surface area contributed by atoms with E-state index in [4.69, 9.17) is 12.2 Å². The van der Waals surface area contributed by atoms with Crippen molar-refractivity contribution in [2.45, 2.75) is 25.9 Å². The van der Waals surface area contributed by atoms with Crippen LogP contribution in [0.15, 0.2) is 30.3 Å². The highest BCUT2D eigenvalue weighted by Crippen LogP contribution is 2.28. The van der Waals surface area contributed by atoms with E-state index in [2.05, 4.69) is 23.8 Å². The maximum atomic E-state index is 12.7. The fourth-order valence-electron chi connectivity index (χ4n) is 1.79. The van der Waals surface area contributed by atoms with Crippen molar-refractivity contribution in [1.29, 1.82) is 0 Å². The van der Waals surface area contributed by atoms with Gasteiger partial charge < -0.3 is 4.98 Å². The maximum Gasteiger partial charge on any atom is 0.449 e. The van der Waals surface area contributed by atoms with E-state index in [-0.39, 0.29) is 4.64 Å². The fraction of sp³-hybridized carbons (Fsp3) is 0.286. The lowest BCUT2D eigenvalue weighted by Crippen LogP contribution is -2.11. The normalized spacial score (nSPS) is 11.9. The number of hydrogen-bond acceptors (Lipinski definition) is 2. The van der Waals surface area contributed by atoms with Crippen LogP contribution in [0.2, 0.25) is 0 Å². The minimum absolute atomic E-state index is 0.0842. The minimum Gasteiger partial charge on any atom is -0.336 e. The fourth-order valence-corrected chi connectivity index (χ4v) is 2.00. The number of halogens is 3. The summed E-state index contributed by atoms with van der Waals surface area (Å²) in [5.41, 5.74) is 2.08. The number of aromatic amines is 1. The SMILES string of the molecule is CC(C)c1ccc(-c2cc(=S)nc(C(F)(F)F)[nH]2)cc1. The van der Waals surface area contributed by atoms with Gasteiger partial charge in [-0.2, -0.15) is 13.2 Å². The molecule has 0 bridgehead atoms. The van der Waals surface area contributed by atoms with E-state index in [1.165, 1.54) is 6.07 Å². The van der Waals surface area contributed by atoms with Crippen LogP contribution < -0.4 is 0 Å². The predicted octanol–water partition coefficient (Wildman–Crippen LogP) is 4.95. The lowest BCUT2D eigenvalue weighted by molar-refractivity contribution is -0.144. The van der Waals surface area contributed by atoms with Crippen molar-refractivity contribution in [3.05, 3.63) is 46.4 Å². The number of alkyl halides is 3. The van der Waals surface area contributed by atoms with Crippen LogP contribution in [0, 0.1) is 4.64 Å². The number of hydrogen-bond donors (Lipinski definition) is 1. The molecule has 0 spiro atoms. The Balaban J connectivity index is 2.47. The average Bonchev–Trinajstić information content (AvgIpc) is 2.37. The standard InChI is InChI=1S/C14H13F3N2S/c1-8(2)9-3-5-10(6-4-9)11-7-12(20)19-13(18-11)14(15,16)17/h3-8H,1-2H3,(H,18,19,20). The van der Waals surface area contributed by atoms with E-state index in [9.17, 15) is 13.2 Å². The van der Waals surface area contributed by atoms with Gasteiger partial charge in [0.05, 0.1) is 0 Å². The van der Waals surface area contributed by atoms with Crippen LogP contribution in [0.4, 0.5) is 13.2 Å². The molecule has 0 aliphatic rings. The third-order valence-corrected chi connectivity index (χ3v) is 3.11. The molecule has 2 rings (SSSR count). The van der Waals surface area contributed by atoms with Gasteiger partial charge in [0.2, 0.25) is 5.82 Å². The number of benzene rings is 1. The number of nitrogens with one attached hydrogen (secondary N) is 1. The van der Waals surface area contributed by atoms with E-state index >= 15 is 0 Å². The van der Waals surface area contributed by atoms with Crippen LogP contribution in [0.1, 0.15) is 31.2 Å². The summed E-state index contributed by atoms with van der Waals surface area (Å²) in [6.45, 7) is 4.10. The molecule has 0 aliphatic carbocycles. The molecular weight excluding hydrogens is 285 g/mol. The Labute approximate surface area is 119 Å². The van der Waals surface area contributed by atoms with E-state index in [0.29, 0.717) is 17.2 Å². The molecule has 20 heavy (non-hydrogen) atoms. The summed E-state index contributed by atoms with van der Waals surface area (Å²) in [5, 5.41) is 0. The summed E-state index contributed by atoms with van der Waals surface area (Å²) in [6.07, 6.45) is -4.54. The number of nitrogens with zero attached hydrogens (tertiary/aromatic N) is 1. The summed E-state index contributed by atoms with van der Waals surface area (Å²) in [5.74, 6) is -0.710. The van der Waals surface area contributed by atoms with Crippen LogP contribution >= 0.6 is 12.2 Å². The third kappa shape index (κ3) is 3.25. The second-order valence-corrected chi connectivity index (χ2v) is 5.17. The Bertz CT molecular complexity index is 657. The molecule has 0 saturated carbocycles. The zero-order chi connectivity index (χ0) is 14.9. The molecule has 0 atom stereocenters. The van der Waals surface area contributed by atoms with Crippen molar-refractivity contribution >= 4 is 12.2 Å². The lowest BCUT2D eigenvalue weighted by atomic mass is 10.0. The largest absolute Gasteiger partial charge is 0.449 e. The number of aromatic nitrogens is 2. The molecule has 0 amide bonds. The van der Waals surface area contributed by atoms with Crippen LogP contribution in [0.5, 0.6) is 0 Å². The first kappa shape index (κ1) is 14.7. The van der Waals surface area contributed by atoms with Gasteiger partial charge in [0.1, 0.15) is 4.64 Å². The second kappa shape index (κ2) is 5.36. The molecule has 0 unspecified atom stereocenters. The van der Waals surface area contributed by atoms with Crippen LogP contribution in [-0.2, 0) is 6.18 Å². The van der Waals surface area contributed by atoms with E-state index in [1.54, 1.807) is 12.1 Å². The first-order chi connectivity index (χ1) is 9.27. The molecule has 2 nitrogen and oxygen atoms in total. The van der Waals surface area contributed by atoms with Gasteiger partial charge >= 0.3 is 6.18 Å². The average molecular weight is 298 g/mol. The molecule has 0 radical (unpaired) electrons. The van der Waals surface area contributed by atoms with Crippen molar-refractivity contribution in [1.82, 2.24) is 9.97 Å². The van der Waals surface area contributed by atoms with Crippen molar-refractivity contribution in [2.24, 2.45) is 0 Å². The Morgan fingerprint density at radius 2 is 1.75 bits per heavy atom. The Morgan fingerprint density at radius 1 is 1.15 bits per heavy atom. The van der Waals surface area contributed by atoms with Crippen LogP contribution in [0.3, 0.4) is 0 Å². The van der Waals surface area contributed by atoms with Gasteiger partial charge in [0.15, 0.2) is 0 Å². The molecule has 2 aromatic rings. The summed E-state index contributed by atoms with van der Waals surface area (Å²) >= 11 is 4.79. The smallest absolute Gasteiger partial charge is 0.336 e. The first-order valence-electron chi connectivity index (χ1n) is 6.06. The molecule has 0 aliphatic heterocycles. The maximum absolute atomic E-state index is 12.7. The van der Waals surface area contributed by atoms with Gasteiger partial charge in [-0.15, -0.1) is 0 Å². The van der Waals surface area contributed by atoms with E-state index < -0.39 is 12.0 Å². The topological polar surface area (TPSA) is 28.7 Å².